The Morgan fingerprint density at radius 3 is 2.63 bits per heavy atom. The van der Waals surface area contributed by atoms with Crippen LogP contribution in [0.3, 0.4) is 0 Å². The number of halogens is 3. The molecule has 7 heteroatoms. The van der Waals surface area contributed by atoms with Crippen molar-refractivity contribution in [3.05, 3.63) is 18.0 Å². The first-order chi connectivity index (χ1) is 8.83. The predicted molar refractivity (Wildman–Crippen MR) is 65.5 cm³/mol. The Balaban J connectivity index is 2.52. The van der Waals surface area contributed by atoms with Crippen LogP contribution >= 0.6 is 0 Å². The number of hydrogen-bond donors (Lipinski definition) is 1. The van der Waals surface area contributed by atoms with E-state index in [4.69, 9.17) is 10.5 Å². The second-order valence-electron chi connectivity index (χ2n) is 4.53. The minimum Gasteiger partial charge on any atom is -0.372 e. The molecule has 19 heavy (non-hydrogen) atoms. The van der Waals surface area contributed by atoms with E-state index < -0.39 is 18.7 Å². The van der Waals surface area contributed by atoms with E-state index in [0.29, 0.717) is 6.42 Å². The molecule has 1 rings (SSSR count). The summed E-state index contributed by atoms with van der Waals surface area (Å²) >= 11 is 0. The van der Waals surface area contributed by atoms with Gasteiger partial charge in [0.2, 0.25) is 0 Å². The van der Waals surface area contributed by atoms with Crippen molar-refractivity contribution < 1.29 is 17.9 Å². The minimum absolute atomic E-state index is 0.0345. The smallest absolute Gasteiger partial charge is 0.372 e. The van der Waals surface area contributed by atoms with Gasteiger partial charge in [-0.2, -0.15) is 18.3 Å². The molecule has 0 bridgehead atoms. The van der Waals surface area contributed by atoms with Gasteiger partial charge in [-0.1, -0.05) is 6.92 Å². The monoisotopic (exact) mass is 279 g/mol. The molecule has 1 aromatic rings. The molecular formula is C12H20F3N3O. The van der Waals surface area contributed by atoms with Gasteiger partial charge in [0, 0.05) is 37.9 Å². The van der Waals surface area contributed by atoms with Crippen molar-refractivity contribution in [2.75, 3.05) is 6.61 Å². The Kier molecular flexibility index (Phi) is 5.81. The van der Waals surface area contributed by atoms with E-state index in [-0.39, 0.29) is 19.1 Å². The van der Waals surface area contributed by atoms with E-state index in [0.717, 1.165) is 5.56 Å². The van der Waals surface area contributed by atoms with Crippen LogP contribution in [0.15, 0.2) is 12.4 Å². The van der Waals surface area contributed by atoms with E-state index in [1.165, 1.54) is 0 Å². The zero-order chi connectivity index (χ0) is 14.5. The molecule has 1 aromatic heterocycles. The van der Waals surface area contributed by atoms with Crippen molar-refractivity contribution in [2.24, 2.45) is 12.8 Å². The quantitative estimate of drug-likeness (QED) is 0.780. The Morgan fingerprint density at radius 1 is 1.47 bits per heavy atom. The lowest BCUT2D eigenvalue weighted by Crippen LogP contribution is -2.29. The molecule has 0 aliphatic rings. The van der Waals surface area contributed by atoms with E-state index >= 15 is 0 Å². The number of aryl methyl sites for hydroxylation is 1. The first-order valence-corrected chi connectivity index (χ1v) is 6.26. The fraction of sp³-hybridized carbons (Fsp3) is 0.750. The van der Waals surface area contributed by atoms with E-state index in [1.54, 1.807) is 24.1 Å². The van der Waals surface area contributed by atoms with Gasteiger partial charge in [0.25, 0.3) is 0 Å². The number of hydrogen-bond acceptors (Lipinski definition) is 3. The Labute approximate surface area is 110 Å². The second kappa shape index (κ2) is 6.91. The van der Waals surface area contributed by atoms with E-state index in [9.17, 15) is 13.2 Å². The molecule has 1 heterocycles. The normalized spacial score (nSPS) is 15.5. The van der Waals surface area contributed by atoms with Crippen LogP contribution < -0.4 is 5.73 Å². The van der Waals surface area contributed by atoms with Crippen LogP contribution in [-0.4, -0.2) is 28.6 Å². The van der Waals surface area contributed by atoms with Crippen LogP contribution in [0, 0.1) is 0 Å². The van der Waals surface area contributed by atoms with Crippen molar-refractivity contribution in [2.45, 2.75) is 44.5 Å². The average molecular weight is 279 g/mol. The Hall–Kier alpha value is -1.08. The standard InChI is InChI=1S/C12H20F3N3O/c1-3-10(16)11(9-7-17-18(2)8-9)19-6-4-5-12(13,14)15/h7-8,10-11H,3-6,16H2,1-2H3. The van der Waals surface area contributed by atoms with Gasteiger partial charge in [-0.3, -0.25) is 4.68 Å². The summed E-state index contributed by atoms with van der Waals surface area (Å²) in [5.41, 5.74) is 6.74. The van der Waals surface area contributed by atoms with Crippen molar-refractivity contribution in [1.29, 1.82) is 0 Å². The molecule has 0 radical (unpaired) electrons. The highest BCUT2D eigenvalue weighted by Gasteiger charge is 2.27. The number of rotatable bonds is 7. The fourth-order valence-electron chi connectivity index (χ4n) is 1.75. The highest BCUT2D eigenvalue weighted by molar-refractivity contribution is 5.10. The summed E-state index contributed by atoms with van der Waals surface area (Å²) in [6.07, 6.45) is -1.37. The molecule has 2 atom stereocenters. The maximum absolute atomic E-state index is 12.0. The largest absolute Gasteiger partial charge is 0.389 e. The molecule has 110 valence electrons. The van der Waals surface area contributed by atoms with Gasteiger partial charge in [0.15, 0.2) is 0 Å². The van der Waals surface area contributed by atoms with Gasteiger partial charge in [0.1, 0.15) is 6.10 Å². The van der Waals surface area contributed by atoms with Gasteiger partial charge in [-0.25, -0.2) is 0 Å². The zero-order valence-electron chi connectivity index (χ0n) is 11.2. The number of alkyl halides is 3. The summed E-state index contributed by atoms with van der Waals surface area (Å²) in [5, 5.41) is 4.02. The van der Waals surface area contributed by atoms with Crippen LogP contribution in [0.5, 0.6) is 0 Å². The summed E-state index contributed by atoms with van der Waals surface area (Å²) < 4.78 is 43.2. The zero-order valence-corrected chi connectivity index (χ0v) is 11.2. The molecule has 0 aliphatic carbocycles. The van der Waals surface area contributed by atoms with Crippen LogP contribution in [0.1, 0.15) is 37.9 Å². The highest BCUT2D eigenvalue weighted by atomic mass is 19.4. The molecule has 0 aromatic carbocycles. The number of nitrogens with two attached hydrogens (primary N) is 1. The van der Waals surface area contributed by atoms with Gasteiger partial charge in [-0.05, 0) is 12.8 Å². The maximum atomic E-state index is 12.0. The number of aromatic nitrogens is 2. The topological polar surface area (TPSA) is 53.1 Å². The lowest BCUT2D eigenvalue weighted by Gasteiger charge is -2.22. The third-order valence-corrected chi connectivity index (χ3v) is 2.82. The lowest BCUT2D eigenvalue weighted by molar-refractivity contribution is -0.139. The predicted octanol–water partition coefficient (Wildman–Crippen LogP) is 2.56. The molecule has 0 saturated carbocycles. The summed E-state index contributed by atoms with van der Waals surface area (Å²) in [6, 6.07) is -0.255. The third kappa shape index (κ3) is 5.61. The molecule has 0 spiro atoms. The molecule has 2 N–H and O–H groups in total. The van der Waals surface area contributed by atoms with Crippen LogP contribution in [0.25, 0.3) is 0 Å². The first-order valence-electron chi connectivity index (χ1n) is 6.26. The summed E-state index contributed by atoms with van der Waals surface area (Å²) in [4.78, 5) is 0. The van der Waals surface area contributed by atoms with E-state index in [2.05, 4.69) is 5.10 Å². The SMILES string of the molecule is CCC(N)C(OCCCC(F)(F)F)c1cnn(C)c1. The maximum Gasteiger partial charge on any atom is 0.389 e. The fourth-order valence-corrected chi connectivity index (χ4v) is 1.75. The molecule has 0 fully saturated rings. The van der Waals surface area contributed by atoms with Gasteiger partial charge in [0.05, 0.1) is 6.20 Å². The summed E-state index contributed by atoms with van der Waals surface area (Å²) in [5.74, 6) is 0. The molecular weight excluding hydrogens is 259 g/mol. The summed E-state index contributed by atoms with van der Waals surface area (Å²) in [6.45, 7) is 1.94. The number of ether oxygens (including phenoxy) is 1. The van der Waals surface area contributed by atoms with Gasteiger partial charge < -0.3 is 10.5 Å². The van der Waals surface area contributed by atoms with Crippen molar-refractivity contribution in [1.82, 2.24) is 9.78 Å². The molecule has 4 nitrogen and oxygen atoms in total. The highest BCUT2D eigenvalue weighted by Crippen LogP contribution is 2.24. The molecule has 2 unspecified atom stereocenters. The minimum atomic E-state index is -4.14. The molecule has 0 aliphatic heterocycles. The lowest BCUT2D eigenvalue weighted by atomic mass is 10.0. The van der Waals surface area contributed by atoms with E-state index in [1.807, 2.05) is 6.92 Å². The Bertz CT molecular complexity index is 379. The van der Waals surface area contributed by atoms with Crippen molar-refractivity contribution in [3.8, 4) is 0 Å². The van der Waals surface area contributed by atoms with Crippen LogP contribution in [-0.2, 0) is 11.8 Å². The van der Waals surface area contributed by atoms with Crippen molar-refractivity contribution in [3.63, 3.8) is 0 Å². The average Bonchev–Trinajstić information content (AvgIpc) is 2.73. The summed E-state index contributed by atoms with van der Waals surface area (Å²) in [7, 11) is 1.77. The van der Waals surface area contributed by atoms with Gasteiger partial charge >= 0.3 is 6.18 Å². The van der Waals surface area contributed by atoms with Gasteiger partial charge in [-0.15, -0.1) is 0 Å². The molecule has 0 saturated heterocycles. The number of nitrogens with zero attached hydrogens (tertiary/aromatic N) is 2. The van der Waals surface area contributed by atoms with Crippen molar-refractivity contribution >= 4 is 0 Å². The molecule has 0 amide bonds. The van der Waals surface area contributed by atoms with Crippen LogP contribution in [0.4, 0.5) is 13.2 Å². The first kappa shape index (κ1) is 16.0. The Morgan fingerprint density at radius 2 is 2.16 bits per heavy atom. The van der Waals surface area contributed by atoms with Crippen LogP contribution in [0.2, 0.25) is 0 Å². The second-order valence-corrected chi connectivity index (χ2v) is 4.53. The third-order valence-electron chi connectivity index (χ3n) is 2.82.